The molecular formula is C25H18ClN3O3. The fraction of sp³-hybridized carbons (Fsp3) is 0.0800. The van der Waals surface area contributed by atoms with Crippen LogP contribution in [0, 0.1) is 6.92 Å². The van der Waals surface area contributed by atoms with Crippen LogP contribution in [0.25, 0.3) is 34.4 Å². The van der Waals surface area contributed by atoms with E-state index in [1.807, 2.05) is 73.7 Å². The lowest BCUT2D eigenvalue weighted by atomic mass is 10.2. The largest absolute Gasteiger partial charge is 0.486 e. The van der Waals surface area contributed by atoms with E-state index in [0.717, 1.165) is 11.1 Å². The summed E-state index contributed by atoms with van der Waals surface area (Å²) in [5.74, 6) is 2.67. The standard InChI is InChI=1S/C25H18ClN3O3/c1-16-21(27-23(31-16)18-11-13-19(26)14-12-18)15-30-22-10-6-5-9-20(22)25-29-28-24(32-25)17-7-3-2-4-8-17/h2-14H,15H2,1H3. The summed E-state index contributed by atoms with van der Waals surface area (Å²) in [6.45, 7) is 2.10. The van der Waals surface area contributed by atoms with Crippen LogP contribution in [0.2, 0.25) is 5.02 Å². The minimum Gasteiger partial charge on any atom is -0.486 e. The van der Waals surface area contributed by atoms with Gasteiger partial charge in [-0.15, -0.1) is 10.2 Å². The van der Waals surface area contributed by atoms with Gasteiger partial charge in [0.15, 0.2) is 0 Å². The van der Waals surface area contributed by atoms with E-state index in [1.165, 1.54) is 0 Å². The highest BCUT2D eigenvalue weighted by Gasteiger charge is 2.17. The molecule has 32 heavy (non-hydrogen) atoms. The van der Waals surface area contributed by atoms with Crippen molar-refractivity contribution in [2.24, 2.45) is 0 Å². The highest BCUT2D eigenvalue weighted by molar-refractivity contribution is 6.30. The Hall–Kier alpha value is -3.90. The van der Waals surface area contributed by atoms with Crippen molar-refractivity contribution in [3.8, 4) is 40.1 Å². The van der Waals surface area contributed by atoms with Crippen molar-refractivity contribution in [1.82, 2.24) is 15.2 Å². The maximum atomic E-state index is 6.07. The van der Waals surface area contributed by atoms with Crippen molar-refractivity contribution in [3.05, 3.63) is 95.3 Å². The highest BCUT2D eigenvalue weighted by Crippen LogP contribution is 2.32. The molecule has 3 aromatic carbocycles. The Morgan fingerprint density at radius 1 is 0.750 bits per heavy atom. The van der Waals surface area contributed by atoms with Crippen LogP contribution in [-0.4, -0.2) is 15.2 Å². The third-order valence-corrected chi connectivity index (χ3v) is 5.16. The van der Waals surface area contributed by atoms with E-state index in [2.05, 4.69) is 15.2 Å². The molecule has 0 amide bonds. The molecule has 0 radical (unpaired) electrons. The second kappa shape index (κ2) is 8.69. The van der Waals surface area contributed by atoms with Crippen LogP contribution in [0.4, 0.5) is 0 Å². The van der Waals surface area contributed by atoms with Gasteiger partial charge in [0.25, 0.3) is 5.89 Å². The first-order valence-electron chi connectivity index (χ1n) is 10.0. The number of nitrogens with zero attached hydrogens (tertiary/aromatic N) is 3. The van der Waals surface area contributed by atoms with E-state index >= 15 is 0 Å². The van der Waals surface area contributed by atoms with Crippen molar-refractivity contribution in [2.75, 3.05) is 0 Å². The monoisotopic (exact) mass is 443 g/mol. The SMILES string of the molecule is Cc1oc(-c2ccc(Cl)cc2)nc1COc1ccccc1-c1nnc(-c2ccccc2)o1. The van der Waals surface area contributed by atoms with Gasteiger partial charge in [-0.3, -0.25) is 0 Å². The molecular weight excluding hydrogens is 426 g/mol. The Morgan fingerprint density at radius 3 is 2.25 bits per heavy atom. The molecule has 0 saturated carbocycles. The quantitative estimate of drug-likeness (QED) is 0.294. The van der Waals surface area contributed by atoms with Gasteiger partial charge in [0.1, 0.15) is 23.8 Å². The van der Waals surface area contributed by atoms with Crippen LogP contribution in [0.3, 0.4) is 0 Å². The summed E-state index contributed by atoms with van der Waals surface area (Å²) in [7, 11) is 0. The van der Waals surface area contributed by atoms with Gasteiger partial charge in [-0.2, -0.15) is 0 Å². The van der Waals surface area contributed by atoms with E-state index in [0.29, 0.717) is 45.5 Å². The maximum Gasteiger partial charge on any atom is 0.251 e. The molecule has 6 nitrogen and oxygen atoms in total. The van der Waals surface area contributed by atoms with Gasteiger partial charge in [0, 0.05) is 16.1 Å². The molecule has 0 N–H and O–H groups in total. The third-order valence-electron chi connectivity index (χ3n) is 4.91. The van der Waals surface area contributed by atoms with Crippen LogP contribution >= 0.6 is 11.6 Å². The second-order valence-corrected chi connectivity index (χ2v) is 7.53. The van der Waals surface area contributed by atoms with Crippen molar-refractivity contribution in [2.45, 2.75) is 13.5 Å². The summed E-state index contributed by atoms with van der Waals surface area (Å²) in [6.07, 6.45) is 0. The molecule has 5 aromatic rings. The predicted molar refractivity (Wildman–Crippen MR) is 121 cm³/mol. The number of halogens is 1. The molecule has 0 unspecified atom stereocenters. The number of ether oxygens (including phenoxy) is 1. The van der Waals surface area contributed by atoms with Crippen LogP contribution in [0.1, 0.15) is 11.5 Å². The molecule has 2 heterocycles. The van der Waals surface area contributed by atoms with Crippen LogP contribution < -0.4 is 4.74 Å². The molecule has 2 aromatic heterocycles. The van der Waals surface area contributed by atoms with Gasteiger partial charge in [0.05, 0.1) is 5.56 Å². The van der Waals surface area contributed by atoms with Crippen molar-refractivity contribution in [3.63, 3.8) is 0 Å². The highest BCUT2D eigenvalue weighted by atomic mass is 35.5. The Morgan fingerprint density at radius 2 is 1.44 bits per heavy atom. The van der Waals surface area contributed by atoms with E-state index in [-0.39, 0.29) is 6.61 Å². The van der Waals surface area contributed by atoms with Crippen LogP contribution in [0.5, 0.6) is 5.75 Å². The smallest absolute Gasteiger partial charge is 0.251 e. The minimum absolute atomic E-state index is 0.236. The lowest BCUT2D eigenvalue weighted by Crippen LogP contribution is -1.99. The minimum atomic E-state index is 0.236. The van der Waals surface area contributed by atoms with E-state index in [1.54, 1.807) is 12.1 Å². The molecule has 0 bridgehead atoms. The summed E-state index contributed by atoms with van der Waals surface area (Å²) in [5.41, 5.74) is 3.13. The molecule has 0 aliphatic heterocycles. The molecule has 5 rings (SSSR count). The molecule has 0 spiro atoms. The number of aryl methyl sites for hydroxylation is 1. The molecule has 0 fully saturated rings. The molecule has 0 aliphatic rings. The Labute approximate surface area is 189 Å². The average Bonchev–Trinajstić information content (AvgIpc) is 3.46. The molecule has 0 aliphatic carbocycles. The van der Waals surface area contributed by atoms with E-state index in [9.17, 15) is 0 Å². The van der Waals surface area contributed by atoms with Gasteiger partial charge in [0.2, 0.25) is 11.8 Å². The summed E-state index contributed by atoms with van der Waals surface area (Å²) >= 11 is 5.97. The molecule has 0 saturated heterocycles. The summed E-state index contributed by atoms with van der Waals surface area (Å²) in [4.78, 5) is 4.58. The van der Waals surface area contributed by atoms with Crippen molar-refractivity contribution >= 4 is 11.6 Å². The Bertz CT molecular complexity index is 1340. The van der Waals surface area contributed by atoms with Gasteiger partial charge >= 0.3 is 0 Å². The Kier molecular flexibility index (Phi) is 5.44. The number of para-hydroxylation sites is 1. The predicted octanol–water partition coefficient (Wildman–Crippen LogP) is 6.60. The fourth-order valence-electron chi connectivity index (χ4n) is 3.22. The van der Waals surface area contributed by atoms with Gasteiger partial charge < -0.3 is 13.6 Å². The second-order valence-electron chi connectivity index (χ2n) is 7.09. The number of hydrogen-bond acceptors (Lipinski definition) is 6. The number of benzene rings is 3. The lowest BCUT2D eigenvalue weighted by Gasteiger charge is -2.08. The van der Waals surface area contributed by atoms with Crippen LogP contribution in [0.15, 0.2) is 87.7 Å². The normalized spacial score (nSPS) is 10.9. The first kappa shape index (κ1) is 20.0. The topological polar surface area (TPSA) is 74.2 Å². The number of hydrogen-bond donors (Lipinski definition) is 0. The zero-order valence-electron chi connectivity index (χ0n) is 17.2. The number of oxazole rings is 1. The Balaban J connectivity index is 1.37. The molecule has 7 heteroatoms. The summed E-state index contributed by atoms with van der Waals surface area (Å²) in [5, 5.41) is 9.04. The van der Waals surface area contributed by atoms with Gasteiger partial charge in [-0.25, -0.2) is 4.98 Å². The number of rotatable bonds is 6. The van der Waals surface area contributed by atoms with E-state index < -0.39 is 0 Å². The molecule has 0 atom stereocenters. The van der Waals surface area contributed by atoms with Gasteiger partial charge in [-0.1, -0.05) is 41.9 Å². The average molecular weight is 444 g/mol. The van der Waals surface area contributed by atoms with E-state index in [4.69, 9.17) is 25.2 Å². The van der Waals surface area contributed by atoms with Crippen molar-refractivity contribution in [1.29, 1.82) is 0 Å². The summed E-state index contributed by atoms with van der Waals surface area (Å²) in [6, 6.07) is 24.5. The fourth-order valence-corrected chi connectivity index (χ4v) is 3.35. The van der Waals surface area contributed by atoms with Crippen LogP contribution in [-0.2, 0) is 6.61 Å². The van der Waals surface area contributed by atoms with Crippen molar-refractivity contribution < 1.29 is 13.6 Å². The zero-order valence-corrected chi connectivity index (χ0v) is 17.9. The zero-order chi connectivity index (χ0) is 21.9. The lowest BCUT2D eigenvalue weighted by molar-refractivity contribution is 0.300. The first-order valence-corrected chi connectivity index (χ1v) is 10.4. The summed E-state index contributed by atoms with van der Waals surface area (Å²) < 4.78 is 17.8. The molecule has 158 valence electrons. The third kappa shape index (κ3) is 4.13. The first-order chi connectivity index (χ1) is 15.7. The van der Waals surface area contributed by atoms with Gasteiger partial charge in [-0.05, 0) is 55.5 Å². The number of aromatic nitrogens is 3. The maximum absolute atomic E-state index is 6.07.